The number of hydrogen-bond donors (Lipinski definition) is 1. The minimum absolute atomic E-state index is 0.117. The number of nitro benzene ring substituents is 1. The molecule has 1 fully saturated rings. The van der Waals surface area contributed by atoms with Crippen LogP contribution in [0.1, 0.15) is 18.4 Å². The Bertz CT molecular complexity index is 615. The quantitative estimate of drug-likeness (QED) is 0.678. The summed E-state index contributed by atoms with van der Waals surface area (Å²) >= 11 is 0. The molecular weight excluding hydrogens is 274 g/mol. The molecule has 1 aliphatic rings. The zero-order valence-corrected chi connectivity index (χ0v) is 11.6. The van der Waals surface area contributed by atoms with Gasteiger partial charge in [0.2, 0.25) is 5.91 Å². The van der Waals surface area contributed by atoms with Crippen LogP contribution < -0.4 is 5.32 Å². The summed E-state index contributed by atoms with van der Waals surface area (Å²) in [6.07, 6.45) is 0.573. The first-order valence-electron chi connectivity index (χ1n) is 6.54. The molecule has 1 N–H and O–H groups in total. The third kappa shape index (κ3) is 3.01. The normalized spacial score (nSPS) is 16.8. The first-order valence-corrected chi connectivity index (χ1v) is 6.54. The second-order valence-corrected chi connectivity index (χ2v) is 5.04. The molecule has 0 radical (unpaired) electrons. The third-order valence-corrected chi connectivity index (χ3v) is 3.59. The van der Waals surface area contributed by atoms with E-state index in [2.05, 4.69) is 5.32 Å². The van der Waals surface area contributed by atoms with E-state index in [4.69, 9.17) is 4.74 Å². The van der Waals surface area contributed by atoms with Crippen LogP contribution >= 0.6 is 0 Å². The number of carbonyl (C=O) groups excluding carboxylic acids is 1. The summed E-state index contributed by atoms with van der Waals surface area (Å²) in [5.41, 5.74) is -0.468. The van der Waals surface area contributed by atoms with Crippen LogP contribution in [0, 0.1) is 33.8 Å². The third-order valence-electron chi connectivity index (χ3n) is 3.59. The summed E-state index contributed by atoms with van der Waals surface area (Å²) < 4.78 is 5.17. The van der Waals surface area contributed by atoms with Crippen LogP contribution in [0.5, 0.6) is 0 Å². The van der Waals surface area contributed by atoms with Crippen LogP contribution in [-0.2, 0) is 9.53 Å². The standard InChI is InChI=1S/C14H15N3O4/c1-10-2-3-12(17(19)20)11(8-10)16-13(18)14(9-15)4-6-21-7-5-14/h2-3,8H,4-7H2,1H3,(H,16,18). The smallest absolute Gasteiger partial charge is 0.292 e. The van der Waals surface area contributed by atoms with Gasteiger partial charge in [0.25, 0.3) is 5.69 Å². The number of benzene rings is 1. The molecule has 1 amide bonds. The van der Waals surface area contributed by atoms with E-state index in [-0.39, 0.29) is 24.2 Å². The largest absolute Gasteiger partial charge is 0.381 e. The minimum Gasteiger partial charge on any atom is -0.381 e. The zero-order valence-electron chi connectivity index (χ0n) is 11.6. The van der Waals surface area contributed by atoms with E-state index in [0.717, 1.165) is 5.56 Å². The van der Waals surface area contributed by atoms with E-state index in [9.17, 15) is 20.2 Å². The average molecular weight is 289 g/mol. The molecule has 21 heavy (non-hydrogen) atoms. The number of nitro groups is 1. The summed E-state index contributed by atoms with van der Waals surface area (Å²) in [6.45, 7) is 2.43. The zero-order chi connectivity index (χ0) is 15.5. The van der Waals surface area contributed by atoms with E-state index < -0.39 is 16.2 Å². The van der Waals surface area contributed by atoms with Gasteiger partial charge < -0.3 is 10.1 Å². The van der Waals surface area contributed by atoms with Crippen molar-refractivity contribution in [2.45, 2.75) is 19.8 Å². The number of anilines is 1. The maximum absolute atomic E-state index is 12.4. The molecule has 1 saturated heterocycles. The first-order chi connectivity index (χ1) is 9.98. The van der Waals surface area contributed by atoms with Crippen LogP contribution in [0.25, 0.3) is 0 Å². The molecule has 2 rings (SSSR count). The highest BCUT2D eigenvalue weighted by molar-refractivity contribution is 5.99. The number of rotatable bonds is 3. The van der Waals surface area contributed by atoms with Gasteiger partial charge in [-0.1, -0.05) is 6.07 Å². The Balaban J connectivity index is 2.29. The summed E-state index contributed by atoms with van der Waals surface area (Å²) in [6, 6.07) is 6.51. The predicted molar refractivity (Wildman–Crippen MR) is 74.6 cm³/mol. The Morgan fingerprint density at radius 3 is 2.71 bits per heavy atom. The Kier molecular flexibility index (Phi) is 4.19. The van der Waals surface area contributed by atoms with Crippen molar-refractivity contribution in [3.05, 3.63) is 33.9 Å². The van der Waals surface area contributed by atoms with E-state index in [1.165, 1.54) is 12.1 Å². The fourth-order valence-corrected chi connectivity index (χ4v) is 2.26. The highest BCUT2D eigenvalue weighted by atomic mass is 16.6. The number of ether oxygens (including phenoxy) is 1. The lowest BCUT2D eigenvalue weighted by molar-refractivity contribution is -0.383. The van der Waals surface area contributed by atoms with Gasteiger partial charge in [0, 0.05) is 19.3 Å². The van der Waals surface area contributed by atoms with Crippen LogP contribution in [0.4, 0.5) is 11.4 Å². The van der Waals surface area contributed by atoms with Gasteiger partial charge in [-0.3, -0.25) is 14.9 Å². The summed E-state index contributed by atoms with van der Waals surface area (Å²) in [4.78, 5) is 22.8. The van der Waals surface area contributed by atoms with Gasteiger partial charge in [-0.2, -0.15) is 5.26 Å². The minimum atomic E-state index is -1.18. The lowest BCUT2D eigenvalue weighted by Gasteiger charge is -2.29. The fraction of sp³-hybridized carbons (Fsp3) is 0.429. The Hall–Kier alpha value is -2.46. The molecule has 1 heterocycles. The second-order valence-electron chi connectivity index (χ2n) is 5.04. The van der Waals surface area contributed by atoms with Crippen molar-refractivity contribution in [3.8, 4) is 6.07 Å². The molecule has 0 aliphatic carbocycles. The van der Waals surface area contributed by atoms with E-state index in [0.29, 0.717) is 13.2 Å². The SMILES string of the molecule is Cc1ccc([N+](=O)[O-])c(NC(=O)C2(C#N)CCOCC2)c1. The van der Waals surface area contributed by atoms with E-state index in [1.54, 1.807) is 13.0 Å². The number of nitriles is 1. The van der Waals surface area contributed by atoms with Crippen LogP contribution in [-0.4, -0.2) is 24.0 Å². The summed E-state index contributed by atoms with van der Waals surface area (Å²) in [7, 11) is 0. The predicted octanol–water partition coefficient (Wildman–Crippen LogP) is 2.16. The maximum Gasteiger partial charge on any atom is 0.292 e. The van der Waals surface area contributed by atoms with Gasteiger partial charge in [-0.25, -0.2) is 0 Å². The van der Waals surface area contributed by atoms with Crippen LogP contribution in [0.2, 0.25) is 0 Å². The van der Waals surface area contributed by atoms with Crippen molar-refractivity contribution in [2.24, 2.45) is 5.41 Å². The number of aryl methyl sites for hydroxylation is 1. The van der Waals surface area contributed by atoms with Gasteiger partial charge in [0.1, 0.15) is 11.1 Å². The molecule has 0 spiro atoms. The topological polar surface area (TPSA) is 105 Å². The Morgan fingerprint density at radius 2 is 2.14 bits per heavy atom. The highest BCUT2D eigenvalue weighted by Crippen LogP contribution is 2.33. The molecular formula is C14H15N3O4. The van der Waals surface area contributed by atoms with Gasteiger partial charge in [0.05, 0.1) is 11.0 Å². The summed E-state index contributed by atoms with van der Waals surface area (Å²) in [5, 5.41) is 22.9. The second kappa shape index (κ2) is 5.89. The Labute approximate surface area is 121 Å². The number of hydrogen-bond acceptors (Lipinski definition) is 5. The van der Waals surface area contributed by atoms with E-state index in [1.807, 2.05) is 6.07 Å². The number of nitrogens with zero attached hydrogens (tertiary/aromatic N) is 2. The van der Waals surface area contributed by atoms with Crippen LogP contribution in [0.3, 0.4) is 0 Å². The van der Waals surface area contributed by atoms with Crippen molar-refractivity contribution in [1.82, 2.24) is 0 Å². The highest BCUT2D eigenvalue weighted by Gasteiger charge is 2.41. The molecule has 1 aliphatic heterocycles. The number of nitrogens with one attached hydrogen (secondary N) is 1. The number of carbonyl (C=O) groups is 1. The molecule has 0 saturated carbocycles. The molecule has 0 atom stereocenters. The van der Waals surface area contributed by atoms with E-state index >= 15 is 0 Å². The van der Waals surface area contributed by atoms with Crippen molar-refractivity contribution in [3.63, 3.8) is 0 Å². The molecule has 1 aromatic carbocycles. The molecule has 0 unspecified atom stereocenters. The molecule has 0 aromatic heterocycles. The maximum atomic E-state index is 12.4. The van der Waals surface area contributed by atoms with Gasteiger partial charge in [-0.05, 0) is 31.4 Å². The van der Waals surface area contributed by atoms with Crippen LogP contribution in [0.15, 0.2) is 18.2 Å². The molecule has 110 valence electrons. The fourth-order valence-electron chi connectivity index (χ4n) is 2.26. The van der Waals surface area contributed by atoms with Crippen molar-refractivity contribution in [2.75, 3.05) is 18.5 Å². The van der Waals surface area contributed by atoms with Gasteiger partial charge >= 0.3 is 0 Å². The number of amides is 1. The molecule has 1 aromatic rings. The van der Waals surface area contributed by atoms with Crippen molar-refractivity contribution >= 4 is 17.3 Å². The molecule has 7 nitrogen and oxygen atoms in total. The van der Waals surface area contributed by atoms with Crippen molar-refractivity contribution < 1.29 is 14.5 Å². The lowest BCUT2D eigenvalue weighted by Crippen LogP contribution is -2.40. The Morgan fingerprint density at radius 1 is 1.48 bits per heavy atom. The lowest BCUT2D eigenvalue weighted by atomic mass is 9.81. The average Bonchev–Trinajstić information content (AvgIpc) is 2.47. The first kappa shape index (κ1) is 14.9. The molecule has 7 heteroatoms. The molecule has 0 bridgehead atoms. The van der Waals surface area contributed by atoms with Crippen molar-refractivity contribution in [1.29, 1.82) is 5.26 Å². The van der Waals surface area contributed by atoms with Gasteiger partial charge in [-0.15, -0.1) is 0 Å². The van der Waals surface area contributed by atoms with Gasteiger partial charge in [0.15, 0.2) is 0 Å². The monoisotopic (exact) mass is 289 g/mol. The summed E-state index contributed by atoms with van der Waals surface area (Å²) in [5.74, 6) is -0.512.